The maximum absolute atomic E-state index is 10.9. The molecule has 1 aromatic carbocycles. The lowest BCUT2D eigenvalue weighted by atomic mass is 9.78. The van der Waals surface area contributed by atoms with E-state index in [1.165, 1.54) is 18.2 Å². The van der Waals surface area contributed by atoms with Crippen molar-refractivity contribution < 1.29 is 4.92 Å². The van der Waals surface area contributed by atoms with Gasteiger partial charge in [0.1, 0.15) is 5.69 Å². The molecule has 1 aliphatic rings. The zero-order valence-corrected chi connectivity index (χ0v) is 9.85. The lowest BCUT2D eigenvalue weighted by molar-refractivity contribution is -0.384. The van der Waals surface area contributed by atoms with Crippen LogP contribution in [0.25, 0.3) is 0 Å². The Morgan fingerprint density at radius 1 is 1.56 bits per heavy atom. The van der Waals surface area contributed by atoms with Gasteiger partial charge in [-0.25, -0.2) is 0 Å². The summed E-state index contributed by atoms with van der Waals surface area (Å²) in [5.41, 5.74) is 6.50. The third kappa shape index (κ3) is 2.41. The second-order valence-corrected chi connectivity index (χ2v) is 4.67. The molecule has 0 bridgehead atoms. The number of nitro groups is 1. The minimum Gasteiger partial charge on any atom is -0.378 e. The van der Waals surface area contributed by atoms with Crippen molar-refractivity contribution in [3.8, 4) is 6.07 Å². The first-order valence-corrected chi connectivity index (χ1v) is 5.75. The second-order valence-electron chi connectivity index (χ2n) is 4.67. The number of nitrogens with two attached hydrogens (primary N) is 1. The van der Waals surface area contributed by atoms with E-state index in [-0.39, 0.29) is 11.2 Å². The molecule has 0 heterocycles. The zero-order valence-electron chi connectivity index (χ0n) is 9.85. The standard InChI is InChI=1S/C12H14N4O2/c13-7-9-2-3-11(16(17)18)10(6-9)15-8-12(14)4-1-5-12/h2-3,6,15H,1,4-5,8,14H2. The molecular formula is C12H14N4O2. The summed E-state index contributed by atoms with van der Waals surface area (Å²) in [6, 6.07) is 6.22. The van der Waals surface area contributed by atoms with Crippen molar-refractivity contribution in [3.05, 3.63) is 33.9 Å². The van der Waals surface area contributed by atoms with E-state index < -0.39 is 4.92 Å². The molecule has 6 nitrogen and oxygen atoms in total. The number of benzene rings is 1. The Hall–Kier alpha value is -2.13. The van der Waals surface area contributed by atoms with E-state index in [9.17, 15) is 10.1 Å². The predicted octanol–water partition coefficient (Wildman–Crippen LogP) is 1.76. The molecule has 1 fully saturated rings. The van der Waals surface area contributed by atoms with Gasteiger partial charge in [0, 0.05) is 18.2 Å². The molecule has 3 N–H and O–H groups in total. The van der Waals surface area contributed by atoms with Crippen molar-refractivity contribution in [1.29, 1.82) is 5.26 Å². The summed E-state index contributed by atoms with van der Waals surface area (Å²) in [5.74, 6) is 0. The molecule has 6 heteroatoms. The summed E-state index contributed by atoms with van der Waals surface area (Å²) in [7, 11) is 0. The summed E-state index contributed by atoms with van der Waals surface area (Å²) >= 11 is 0. The first-order valence-electron chi connectivity index (χ1n) is 5.75. The molecule has 0 unspecified atom stereocenters. The molecule has 2 rings (SSSR count). The molecule has 1 saturated carbocycles. The van der Waals surface area contributed by atoms with Crippen molar-refractivity contribution >= 4 is 11.4 Å². The van der Waals surface area contributed by atoms with Crippen LogP contribution >= 0.6 is 0 Å². The molecule has 0 atom stereocenters. The van der Waals surface area contributed by atoms with Gasteiger partial charge in [-0.1, -0.05) is 0 Å². The Kier molecular flexibility index (Phi) is 3.17. The van der Waals surface area contributed by atoms with Crippen molar-refractivity contribution in [2.24, 2.45) is 5.73 Å². The van der Waals surface area contributed by atoms with E-state index in [0.717, 1.165) is 19.3 Å². The summed E-state index contributed by atoms with van der Waals surface area (Å²) < 4.78 is 0. The highest BCUT2D eigenvalue weighted by molar-refractivity contribution is 5.64. The highest BCUT2D eigenvalue weighted by Crippen LogP contribution is 2.31. The third-order valence-corrected chi connectivity index (χ3v) is 3.30. The molecular weight excluding hydrogens is 232 g/mol. The van der Waals surface area contributed by atoms with Gasteiger partial charge >= 0.3 is 0 Å². The smallest absolute Gasteiger partial charge is 0.292 e. The van der Waals surface area contributed by atoms with Crippen LogP contribution in [0.15, 0.2) is 18.2 Å². The number of nitro benzene ring substituents is 1. The van der Waals surface area contributed by atoms with E-state index >= 15 is 0 Å². The fraction of sp³-hybridized carbons (Fsp3) is 0.417. The van der Waals surface area contributed by atoms with Crippen LogP contribution in [0.1, 0.15) is 24.8 Å². The van der Waals surface area contributed by atoms with Gasteiger partial charge < -0.3 is 11.1 Å². The number of nitriles is 1. The van der Waals surface area contributed by atoms with Crippen LogP contribution in [0.4, 0.5) is 11.4 Å². The fourth-order valence-corrected chi connectivity index (χ4v) is 1.99. The van der Waals surface area contributed by atoms with E-state index in [2.05, 4.69) is 5.32 Å². The zero-order chi connectivity index (χ0) is 13.2. The van der Waals surface area contributed by atoms with Crippen LogP contribution < -0.4 is 11.1 Å². The molecule has 0 amide bonds. The van der Waals surface area contributed by atoms with Gasteiger partial charge in [-0.2, -0.15) is 5.26 Å². The highest BCUT2D eigenvalue weighted by atomic mass is 16.6. The number of nitrogens with zero attached hydrogens (tertiary/aromatic N) is 2. The van der Waals surface area contributed by atoms with Crippen LogP contribution in [-0.4, -0.2) is 17.0 Å². The van der Waals surface area contributed by atoms with Crippen LogP contribution in [0.5, 0.6) is 0 Å². The average Bonchev–Trinajstić information content (AvgIpc) is 2.33. The minimum atomic E-state index is -0.465. The molecule has 1 aromatic rings. The first kappa shape index (κ1) is 12.3. The lowest BCUT2D eigenvalue weighted by Gasteiger charge is -2.38. The summed E-state index contributed by atoms with van der Waals surface area (Å²) in [5, 5.41) is 22.7. The number of hydrogen-bond acceptors (Lipinski definition) is 5. The van der Waals surface area contributed by atoms with Crippen LogP contribution in [0.2, 0.25) is 0 Å². The van der Waals surface area contributed by atoms with Gasteiger partial charge in [-0.05, 0) is 31.4 Å². The molecule has 0 aliphatic heterocycles. The van der Waals surface area contributed by atoms with E-state index in [1.807, 2.05) is 6.07 Å². The van der Waals surface area contributed by atoms with Crippen LogP contribution in [0.3, 0.4) is 0 Å². The van der Waals surface area contributed by atoms with Crippen molar-refractivity contribution in [3.63, 3.8) is 0 Å². The SMILES string of the molecule is N#Cc1ccc([N+](=O)[O-])c(NCC2(N)CCC2)c1. The average molecular weight is 246 g/mol. The monoisotopic (exact) mass is 246 g/mol. The molecule has 0 radical (unpaired) electrons. The summed E-state index contributed by atoms with van der Waals surface area (Å²) in [6.45, 7) is 0.489. The lowest BCUT2D eigenvalue weighted by Crippen LogP contribution is -2.52. The van der Waals surface area contributed by atoms with E-state index in [4.69, 9.17) is 11.0 Å². The first-order chi connectivity index (χ1) is 8.54. The Balaban J connectivity index is 2.18. The Bertz CT molecular complexity index is 517. The number of anilines is 1. The second kappa shape index (κ2) is 4.63. The molecule has 94 valence electrons. The molecule has 0 spiro atoms. The Labute approximate surface area is 105 Å². The molecule has 0 saturated heterocycles. The van der Waals surface area contributed by atoms with Gasteiger partial charge in [0.05, 0.1) is 16.6 Å². The number of nitrogens with one attached hydrogen (secondary N) is 1. The third-order valence-electron chi connectivity index (χ3n) is 3.30. The van der Waals surface area contributed by atoms with Crippen LogP contribution in [0, 0.1) is 21.4 Å². The summed E-state index contributed by atoms with van der Waals surface area (Å²) in [6.07, 6.45) is 2.94. The predicted molar refractivity (Wildman–Crippen MR) is 67.1 cm³/mol. The minimum absolute atomic E-state index is 0.0306. The highest BCUT2D eigenvalue weighted by Gasteiger charge is 2.32. The Morgan fingerprint density at radius 2 is 2.28 bits per heavy atom. The van der Waals surface area contributed by atoms with Gasteiger partial charge in [0.15, 0.2) is 0 Å². The van der Waals surface area contributed by atoms with Crippen molar-refractivity contribution in [1.82, 2.24) is 0 Å². The number of hydrogen-bond donors (Lipinski definition) is 2. The van der Waals surface area contributed by atoms with E-state index in [0.29, 0.717) is 17.8 Å². The fourth-order valence-electron chi connectivity index (χ4n) is 1.99. The van der Waals surface area contributed by atoms with Crippen LogP contribution in [-0.2, 0) is 0 Å². The van der Waals surface area contributed by atoms with Gasteiger partial charge in [0.2, 0.25) is 0 Å². The molecule has 1 aliphatic carbocycles. The van der Waals surface area contributed by atoms with Crippen molar-refractivity contribution in [2.45, 2.75) is 24.8 Å². The van der Waals surface area contributed by atoms with E-state index in [1.54, 1.807) is 0 Å². The largest absolute Gasteiger partial charge is 0.378 e. The topological polar surface area (TPSA) is 105 Å². The Morgan fingerprint density at radius 3 is 2.78 bits per heavy atom. The van der Waals surface area contributed by atoms with Gasteiger partial charge in [0.25, 0.3) is 5.69 Å². The van der Waals surface area contributed by atoms with Gasteiger partial charge in [-0.3, -0.25) is 10.1 Å². The normalized spacial score (nSPS) is 16.4. The van der Waals surface area contributed by atoms with Gasteiger partial charge in [-0.15, -0.1) is 0 Å². The number of rotatable bonds is 4. The van der Waals surface area contributed by atoms with Crippen molar-refractivity contribution in [2.75, 3.05) is 11.9 Å². The quantitative estimate of drug-likeness (QED) is 0.622. The molecule has 18 heavy (non-hydrogen) atoms. The maximum atomic E-state index is 10.9. The molecule has 0 aromatic heterocycles. The summed E-state index contributed by atoms with van der Waals surface area (Å²) in [4.78, 5) is 10.4. The maximum Gasteiger partial charge on any atom is 0.292 e.